The number of methoxy groups -OCH3 is 2. The highest BCUT2D eigenvalue weighted by atomic mass is 35.5. The van der Waals surface area contributed by atoms with Crippen molar-refractivity contribution >= 4 is 29.3 Å². The number of allylic oxidation sites excluding steroid dienone is 1. The zero-order valence-corrected chi connectivity index (χ0v) is 20.5. The van der Waals surface area contributed by atoms with Crippen molar-refractivity contribution in [2.24, 2.45) is 11.0 Å². The molecule has 3 aromatic carbocycles. The third-order valence-electron chi connectivity index (χ3n) is 6.71. The molecule has 1 heterocycles. The van der Waals surface area contributed by atoms with Gasteiger partial charge in [-0.3, -0.25) is 4.79 Å². The highest BCUT2D eigenvalue weighted by molar-refractivity contribution is 6.30. The number of hydrazone groups is 1. The van der Waals surface area contributed by atoms with Crippen molar-refractivity contribution in [2.75, 3.05) is 14.2 Å². The number of hydrogen-bond acceptors (Lipinski definition) is 4. The summed E-state index contributed by atoms with van der Waals surface area (Å²) >= 11 is 6.06. The SMILES string of the molecule is COc1ccc(C=C2CCCC3C2=NN(C(=O)c2ccc(Cl)cc2)C3c2ccc(OC)cc2)cc1. The number of ether oxygens (including phenoxy) is 2. The lowest BCUT2D eigenvalue weighted by Crippen LogP contribution is -2.31. The van der Waals surface area contributed by atoms with Crippen LogP contribution in [-0.4, -0.2) is 30.8 Å². The summed E-state index contributed by atoms with van der Waals surface area (Å²) in [6.45, 7) is 0. The Labute approximate surface area is 210 Å². The summed E-state index contributed by atoms with van der Waals surface area (Å²) in [5.74, 6) is 1.60. The zero-order chi connectivity index (χ0) is 24.4. The molecular weight excluding hydrogens is 460 g/mol. The molecule has 1 amide bonds. The fourth-order valence-corrected chi connectivity index (χ4v) is 5.05. The molecule has 3 aromatic rings. The maximum absolute atomic E-state index is 13.7. The van der Waals surface area contributed by atoms with E-state index in [1.165, 1.54) is 5.57 Å². The Morgan fingerprint density at radius 2 is 1.57 bits per heavy atom. The van der Waals surface area contributed by atoms with Crippen molar-refractivity contribution in [1.29, 1.82) is 0 Å². The van der Waals surface area contributed by atoms with Crippen LogP contribution >= 0.6 is 11.6 Å². The van der Waals surface area contributed by atoms with Crippen LogP contribution in [0, 0.1) is 5.92 Å². The maximum atomic E-state index is 13.7. The average Bonchev–Trinajstić information content (AvgIpc) is 3.30. The Kier molecular flexibility index (Phi) is 6.60. The summed E-state index contributed by atoms with van der Waals surface area (Å²) in [5.41, 5.74) is 4.87. The minimum Gasteiger partial charge on any atom is -0.497 e. The van der Waals surface area contributed by atoms with Gasteiger partial charge >= 0.3 is 0 Å². The lowest BCUT2D eigenvalue weighted by atomic mass is 9.77. The first-order valence-corrected chi connectivity index (χ1v) is 12.1. The van der Waals surface area contributed by atoms with Crippen molar-refractivity contribution in [2.45, 2.75) is 25.3 Å². The normalized spacial score (nSPS) is 20.4. The van der Waals surface area contributed by atoms with E-state index in [-0.39, 0.29) is 17.9 Å². The molecule has 2 atom stereocenters. The van der Waals surface area contributed by atoms with Crippen molar-refractivity contribution in [3.05, 3.63) is 100 Å². The van der Waals surface area contributed by atoms with Crippen LogP contribution in [-0.2, 0) is 0 Å². The summed E-state index contributed by atoms with van der Waals surface area (Å²) in [6.07, 6.45) is 5.13. The van der Waals surface area contributed by atoms with Gasteiger partial charge in [-0.15, -0.1) is 0 Å². The van der Waals surface area contributed by atoms with E-state index in [2.05, 4.69) is 6.08 Å². The second-order valence-corrected chi connectivity index (χ2v) is 9.24. The Hall–Kier alpha value is -3.57. The minimum absolute atomic E-state index is 0.123. The summed E-state index contributed by atoms with van der Waals surface area (Å²) in [4.78, 5) is 13.7. The van der Waals surface area contributed by atoms with E-state index >= 15 is 0 Å². The summed E-state index contributed by atoms with van der Waals surface area (Å²) in [5, 5.41) is 7.23. The molecule has 0 aromatic heterocycles. The van der Waals surface area contributed by atoms with Gasteiger partial charge in [0.2, 0.25) is 0 Å². The van der Waals surface area contributed by atoms with E-state index in [1.807, 2.05) is 48.5 Å². The third-order valence-corrected chi connectivity index (χ3v) is 6.97. The second kappa shape index (κ2) is 9.96. The molecule has 0 radical (unpaired) electrons. The van der Waals surface area contributed by atoms with Crippen molar-refractivity contribution in [3.63, 3.8) is 0 Å². The van der Waals surface area contributed by atoms with Gasteiger partial charge in [0.1, 0.15) is 11.5 Å². The Balaban J connectivity index is 1.55. The minimum atomic E-state index is -0.182. The number of hydrogen-bond donors (Lipinski definition) is 0. The number of nitrogens with zero attached hydrogens (tertiary/aromatic N) is 2. The van der Waals surface area contributed by atoms with E-state index < -0.39 is 0 Å². The van der Waals surface area contributed by atoms with E-state index in [0.717, 1.165) is 47.6 Å². The summed E-state index contributed by atoms with van der Waals surface area (Å²) < 4.78 is 10.6. The predicted octanol–water partition coefficient (Wildman–Crippen LogP) is 6.79. The maximum Gasteiger partial charge on any atom is 0.274 e. The first-order chi connectivity index (χ1) is 17.1. The molecule has 0 N–H and O–H groups in total. The molecule has 0 saturated heterocycles. The van der Waals surface area contributed by atoms with Crippen LogP contribution in [0.5, 0.6) is 11.5 Å². The lowest BCUT2D eigenvalue weighted by Gasteiger charge is -2.29. The Morgan fingerprint density at radius 3 is 2.20 bits per heavy atom. The Bertz CT molecular complexity index is 1260. The number of rotatable bonds is 5. The van der Waals surface area contributed by atoms with Crippen LogP contribution in [0.3, 0.4) is 0 Å². The number of carbonyl (C=O) groups excluding carboxylic acids is 1. The van der Waals surface area contributed by atoms with Gasteiger partial charge in [-0.2, -0.15) is 5.10 Å². The standard InChI is InChI=1S/C29H27ClN2O3/c1-34-24-14-6-19(7-15-24)18-22-4-3-5-26-27(22)31-32(29(33)21-8-12-23(30)13-9-21)28(26)20-10-16-25(35-2)17-11-20/h6-18,26,28H,3-5H2,1-2H3. The number of benzene rings is 3. The van der Waals surface area contributed by atoms with Crippen molar-refractivity contribution < 1.29 is 14.3 Å². The van der Waals surface area contributed by atoms with Crippen LogP contribution in [0.1, 0.15) is 46.8 Å². The molecule has 35 heavy (non-hydrogen) atoms. The topological polar surface area (TPSA) is 51.1 Å². The van der Waals surface area contributed by atoms with Crippen LogP contribution in [0.4, 0.5) is 0 Å². The fourth-order valence-electron chi connectivity index (χ4n) is 4.93. The third kappa shape index (κ3) is 4.69. The molecule has 178 valence electrons. The van der Waals surface area contributed by atoms with Gasteiger partial charge in [-0.05, 0) is 90.6 Å². The fraction of sp³-hybridized carbons (Fsp3) is 0.241. The molecule has 1 aliphatic carbocycles. The quantitative estimate of drug-likeness (QED) is 0.398. The van der Waals surface area contributed by atoms with Crippen LogP contribution in [0.25, 0.3) is 6.08 Å². The highest BCUT2D eigenvalue weighted by Crippen LogP contribution is 2.45. The van der Waals surface area contributed by atoms with Gasteiger partial charge < -0.3 is 9.47 Å². The first kappa shape index (κ1) is 23.2. The number of carbonyl (C=O) groups is 1. The van der Waals surface area contributed by atoms with E-state index in [4.69, 9.17) is 26.2 Å². The second-order valence-electron chi connectivity index (χ2n) is 8.80. The number of halogens is 1. The molecule has 5 nitrogen and oxygen atoms in total. The number of amides is 1. The lowest BCUT2D eigenvalue weighted by molar-refractivity contribution is 0.0681. The van der Waals surface area contributed by atoms with Gasteiger partial charge in [0, 0.05) is 16.5 Å². The molecule has 5 rings (SSSR count). The molecular formula is C29H27ClN2O3. The molecule has 0 spiro atoms. The van der Waals surface area contributed by atoms with Crippen molar-refractivity contribution in [3.8, 4) is 11.5 Å². The van der Waals surface area contributed by atoms with E-state index in [1.54, 1.807) is 43.5 Å². The van der Waals surface area contributed by atoms with E-state index in [9.17, 15) is 4.79 Å². The van der Waals surface area contributed by atoms with Crippen LogP contribution in [0.15, 0.2) is 83.5 Å². The molecule has 1 fully saturated rings. The van der Waals surface area contributed by atoms with Crippen molar-refractivity contribution in [1.82, 2.24) is 5.01 Å². The molecule has 2 aliphatic rings. The smallest absolute Gasteiger partial charge is 0.274 e. The first-order valence-electron chi connectivity index (χ1n) is 11.7. The van der Waals surface area contributed by atoms with Gasteiger partial charge in [-0.1, -0.05) is 35.9 Å². The van der Waals surface area contributed by atoms with Gasteiger partial charge in [0.05, 0.1) is 26.0 Å². The molecule has 6 heteroatoms. The molecule has 2 unspecified atom stereocenters. The van der Waals surface area contributed by atoms with Gasteiger partial charge in [0.25, 0.3) is 5.91 Å². The molecule has 1 saturated carbocycles. The highest BCUT2D eigenvalue weighted by Gasteiger charge is 2.43. The average molecular weight is 487 g/mol. The largest absolute Gasteiger partial charge is 0.497 e. The summed E-state index contributed by atoms with van der Waals surface area (Å²) in [6, 6.07) is 22.8. The molecule has 1 aliphatic heterocycles. The van der Waals surface area contributed by atoms with Crippen LogP contribution in [0.2, 0.25) is 5.02 Å². The Morgan fingerprint density at radius 1 is 0.943 bits per heavy atom. The predicted molar refractivity (Wildman–Crippen MR) is 139 cm³/mol. The van der Waals surface area contributed by atoms with E-state index in [0.29, 0.717) is 10.6 Å². The van der Waals surface area contributed by atoms with Gasteiger partial charge in [0.15, 0.2) is 0 Å². The molecule has 0 bridgehead atoms. The summed E-state index contributed by atoms with van der Waals surface area (Å²) in [7, 11) is 3.32. The van der Waals surface area contributed by atoms with Gasteiger partial charge in [-0.25, -0.2) is 5.01 Å². The monoisotopic (exact) mass is 486 g/mol. The van der Waals surface area contributed by atoms with Crippen LogP contribution < -0.4 is 9.47 Å². The number of fused-ring (bicyclic) bond motifs is 1. The zero-order valence-electron chi connectivity index (χ0n) is 19.8.